The molecular weight excluding hydrogens is 372 g/mol. The summed E-state index contributed by atoms with van der Waals surface area (Å²) in [5.74, 6) is -1.44. The fraction of sp³-hybridized carbons (Fsp3) is 0.286. The average Bonchev–Trinajstić information content (AvgIpc) is 2.95. The molecule has 0 aliphatic carbocycles. The van der Waals surface area contributed by atoms with Gasteiger partial charge in [0.15, 0.2) is 0 Å². The third-order valence-electron chi connectivity index (χ3n) is 4.44. The van der Waals surface area contributed by atoms with Gasteiger partial charge in [0.25, 0.3) is 23.6 Å². The van der Waals surface area contributed by atoms with Crippen LogP contribution in [0.1, 0.15) is 62.2 Å². The maximum absolute atomic E-state index is 12.6. The maximum Gasteiger partial charge on any atom is 0.262 e. The number of hydrogen-bond acceptors (Lipinski definition) is 5. The van der Waals surface area contributed by atoms with E-state index in [4.69, 9.17) is 0 Å². The number of hydrogen-bond donors (Lipinski definition) is 2. The van der Waals surface area contributed by atoms with E-state index in [0.29, 0.717) is 11.1 Å². The van der Waals surface area contributed by atoms with Crippen molar-refractivity contribution in [3.63, 3.8) is 0 Å². The molecule has 1 aromatic carbocycles. The average molecular weight is 394 g/mol. The molecule has 0 spiro atoms. The van der Waals surface area contributed by atoms with Crippen LogP contribution in [-0.2, 0) is 0 Å². The van der Waals surface area contributed by atoms with Crippen molar-refractivity contribution in [2.45, 2.75) is 26.3 Å². The van der Waals surface area contributed by atoms with Crippen LogP contribution in [0.25, 0.3) is 0 Å². The summed E-state index contributed by atoms with van der Waals surface area (Å²) in [6, 6.07) is 7.76. The number of pyridine rings is 1. The number of nitrogens with one attached hydrogen (secondary N) is 2. The summed E-state index contributed by atoms with van der Waals surface area (Å²) in [5.41, 5.74) is 0.582. The van der Waals surface area contributed by atoms with Crippen molar-refractivity contribution in [3.8, 4) is 0 Å². The lowest BCUT2D eigenvalue weighted by Crippen LogP contribution is -2.45. The van der Waals surface area contributed by atoms with Gasteiger partial charge in [-0.2, -0.15) is 0 Å². The van der Waals surface area contributed by atoms with Crippen LogP contribution in [0.3, 0.4) is 0 Å². The number of nitrogens with zero attached hydrogens (tertiary/aromatic N) is 2. The highest BCUT2D eigenvalue weighted by molar-refractivity contribution is 6.22. The van der Waals surface area contributed by atoms with Gasteiger partial charge in [0, 0.05) is 36.6 Å². The topological polar surface area (TPSA) is 108 Å². The van der Waals surface area contributed by atoms with Crippen LogP contribution >= 0.6 is 0 Å². The molecule has 0 bridgehead atoms. The first kappa shape index (κ1) is 20.2. The van der Waals surface area contributed by atoms with E-state index < -0.39 is 17.4 Å². The predicted octanol–water partition coefficient (Wildman–Crippen LogP) is 1.64. The normalized spacial score (nSPS) is 13.3. The first-order chi connectivity index (χ1) is 13.7. The van der Waals surface area contributed by atoms with Gasteiger partial charge in [-0.3, -0.25) is 29.1 Å². The van der Waals surface area contributed by atoms with E-state index in [9.17, 15) is 19.2 Å². The Bertz CT molecular complexity index is 980. The number of imide groups is 1. The van der Waals surface area contributed by atoms with Crippen LogP contribution in [0.5, 0.6) is 0 Å². The Labute approximate surface area is 168 Å². The third-order valence-corrected chi connectivity index (χ3v) is 4.44. The number of carbonyl (C=O) groups excluding carboxylic acids is 4. The Morgan fingerprint density at radius 2 is 1.55 bits per heavy atom. The highest BCUT2D eigenvalue weighted by atomic mass is 16.2. The molecule has 0 fully saturated rings. The Balaban J connectivity index is 1.59. The molecule has 2 heterocycles. The number of carbonyl (C=O) groups is 4. The van der Waals surface area contributed by atoms with E-state index in [2.05, 4.69) is 15.6 Å². The molecule has 4 amide bonds. The van der Waals surface area contributed by atoms with Crippen molar-refractivity contribution in [3.05, 3.63) is 65.0 Å². The van der Waals surface area contributed by atoms with E-state index >= 15 is 0 Å². The van der Waals surface area contributed by atoms with Crippen LogP contribution in [0.15, 0.2) is 42.7 Å². The molecule has 2 N–H and O–H groups in total. The van der Waals surface area contributed by atoms with E-state index in [0.717, 1.165) is 0 Å². The standard InChI is InChI=1S/C21H22N4O4/c1-21(2,3)25-19(28)15-7-6-13(11-16(15)20(25)29)17(26)23-9-10-24-18(27)14-5-4-8-22-12-14/h4-8,11-12H,9-10H2,1-3H3,(H,23,26)(H,24,27). The lowest BCUT2D eigenvalue weighted by molar-refractivity contribution is 0.0507. The molecule has 0 saturated heterocycles. The van der Waals surface area contributed by atoms with Crippen molar-refractivity contribution >= 4 is 23.6 Å². The Morgan fingerprint density at radius 3 is 2.14 bits per heavy atom. The molecule has 1 aromatic heterocycles. The predicted molar refractivity (Wildman–Crippen MR) is 106 cm³/mol. The number of rotatable bonds is 5. The fourth-order valence-electron chi connectivity index (χ4n) is 3.04. The maximum atomic E-state index is 12.6. The number of benzene rings is 1. The molecule has 8 heteroatoms. The molecule has 1 aliphatic rings. The molecular formula is C21H22N4O4. The van der Waals surface area contributed by atoms with Gasteiger partial charge in [0.1, 0.15) is 0 Å². The zero-order valence-corrected chi connectivity index (χ0v) is 16.5. The summed E-state index contributed by atoms with van der Waals surface area (Å²) in [6.07, 6.45) is 3.03. The number of aromatic nitrogens is 1. The molecule has 29 heavy (non-hydrogen) atoms. The zero-order chi connectivity index (χ0) is 21.2. The largest absolute Gasteiger partial charge is 0.350 e. The minimum absolute atomic E-state index is 0.211. The van der Waals surface area contributed by atoms with Gasteiger partial charge in [0.2, 0.25) is 0 Å². The lowest BCUT2D eigenvalue weighted by atomic mass is 10.1. The van der Waals surface area contributed by atoms with Crippen molar-refractivity contribution in [1.29, 1.82) is 0 Å². The van der Waals surface area contributed by atoms with E-state index in [1.807, 2.05) is 0 Å². The SMILES string of the molecule is CC(C)(C)N1C(=O)c2ccc(C(=O)NCCNC(=O)c3cccnc3)cc2C1=O. The van der Waals surface area contributed by atoms with Crippen LogP contribution in [-0.4, -0.2) is 52.1 Å². The second-order valence-corrected chi connectivity index (χ2v) is 7.63. The van der Waals surface area contributed by atoms with Crippen LogP contribution in [0.2, 0.25) is 0 Å². The molecule has 0 radical (unpaired) electrons. The van der Waals surface area contributed by atoms with Gasteiger partial charge in [-0.25, -0.2) is 0 Å². The highest BCUT2D eigenvalue weighted by Crippen LogP contribution is 2.29. The van der Waals surface area contributed by atoms with Gasteiger partial charge >= 0.3 is 0 Å². The van der Waals surface area contributed by atoms with Gasteiger partial charge in [-0.1, -0.05) is 0 Å². The monoisotopic (exact) mass is 394 g/mol. The molecule has 1 aliphatic heterocycles. The summed E-state index contributed by atoms with van der Waals surface area (Å²) in [5, 5.41) is 5.37. The van der Waals surface area contributed by atoms with Crippen molar-refractivity contribution in [2.75, 3.05) is 13.1 Å². The van der Waals surface area contributed by atoms with Crippen molar-refractivity contribution in [2.24, 2.45) is 0 Å². The second-order valence-electron chi connectivity index (χ2n) is 7.63. The Kier molecular flexibility index (Phi) is 5.45. The summed E-state index contributed by atoms with van der Waals surface area (Å²) < 4.78 is 0. The van der Waals surface area contributed by atoms with Crippen LogP contribution < -0.4 is 10.6 Å². The smallest absolute Gasteiger partial charge is 0.262 e. The lowest BCUT2D eigenvalue weighted by Gasteiger charge is -2.29. The molecule has 0 atom stereocenters. The summed E-state index contributed by atoms with van der Waals surface area (Å²) in [4.78, 5) is 54.5. The Morgan fingerprint density at radius 1 is 0.931 bits per heavy atom. The molecule has 0 unspecified atom stereocenters. The first-order valence-electron chi connectivity index (χ1n) is 9.19. The quantitative estimate of drug-likeness (QED) is 0.592. The van der Waals surface area contributed by atoms with Crippen molar-refractivity contribution in [1.82, 2.24) is 20.5 Å². The number of fused-ring (bicyclic) bond motifs is 1. The fourth-order valence-corrected chi connectivity index (χ4v) is 3.04. The van der Waals surface area contributed by atoms with Gasteiger partial charge in [0.05, 0.1) is 16.7 Å². The van der Waals surface area contributed by atoms with Gasteiger partial charge in [-0.15, -0.1) is 0 Å². The van der Waals surface area contributed by atoms with E-state index in [-0.39, 0.29) is 36.0 Å². The molecule has 0 saturated carbocycles. The van der Waals surface area contributed by atoms with E-state index in [1.165, 1.54) is 29.3 Å². The first-order valence-corrected chi connectivity index (χ1v) is 9.19. The molecule has 150 valence electrons. The summed E-state index contributed by atoms with van der Waals surface area (Å²) >= 11 is 0. The second kappa shape index (κ2) is 7.83. The molecule has 2 aromatic rings. The Hall–Kier alpha value is -3.55. The number of amides is 4. The van der Waals surface area contributed by atoms with E-state index in [1.54, 1.807) is 39.1 Å². The van der Waals surface area contributed by atoms with Crippen molar-refractivity contribution < 1.29 is 19.2 Å². The van der Waals surface area contributed by atoms with Gasteiger partial charge in [-0.05, 0) is 51.1 Å². The minimum Gasteiger partial charge on any atom is -0.350 e. The highest BCUT2D eigenvalue weighted by Gasteiger charge is 2.42. The molecule has 3 rings (SSSR count). The van der Waals surface area contributed by atoms with Crippen LogP contribution in [0.4, 0.5) is 0 Å². The van der Waals surface area contributed by atoms with Gasteiger partial charge < -0.3 is 10.6 Å². The zero-order valence-electron chi connectivity index (χ0n) is 16.5. The minimum atomic E-state index is -0.651. The summed E-state index contributed by atoms with van der Waals surface area (Å²) in [6.45, 7) is 5.79. The van der Waals surface area contributed by atoms with Crippen LogP contribution in [0, 0.1) is 0 Å². The summed E-state index contributed by atoms with van der Waals surface area (Å²) in [7, 11) is 0. The molecule has 8 nitrogen and oxygen atoms in total. The third kappa shape index (κ3) is 4.16.